The van der Waals surface area contributed by atoms with Gasteiger partial charge in [-0.3, -0.25) is 0 Å². The smallest absolute Gasteiger partial charge is 0.137 e. The lowest BCUT2D eigenvalue weighted by Gasteiger charge is -2.15. The Balaban J connectivity index is 1.66. The second-order valence-electron chi connectivity index (χ2n) is 4.86. The van der Waals surface area contributed by atoms with Gasteiger partial charge in [0.05, 0.1) is 5.88 Å². The summed E-state index contributed by atoms with van der Waals surface area (Å²) in [6, 6.07) is 9.95. The van der Waals surface area contributed by atoms with Crippen molar-refractivity contribution in [2.24, 2.45) is 0 Å². The lowest BCUT2D eigenvalue weighted by Crippen LogP contribution is -2.22. The summed E-state index contributed by atoms with van der Waals surface area (Å²) >= 11 is 12.0. The number of fused-ring (bicyclic) bond motifs is 1. The lowest BCUT2D eigenvalue weighted by molar-refractivity contribution is 0.148. The summed E-state index contributed by atoms with van der Waals surface area (Å²) in [4.78, 5) is 0. The van der Waals surface area contributed by atoms with Crippen LogP contribution in [0, 0.1) is 5.82 Å². The van der Waals surface area contributed by atoms with Crippen molar-refractivity contribution in [2.75, 3.05) is 6.61 Å². The molecule has 1 aliphatic rings. The Morgan fingerprint density at radius 1 is 1.29 bits per heavy atom. The van der Waals surface area contributed by atoms with Crippen LogP contribution in [0.4, 0.5) is 4.39 Å². The first kappa shape index (κ1) is 14.5. The number of hydrogen-bond acceptors (Lipinski definition) is 2. The average Bonchev–Trinajstić information content (AvgIpc) is 2.87. The van der Waals surface area contributed by atoms with Crippen LogP contribution in [0.25, 0.3) is 0 Å². The maximum Gasteiger partial charge on any atom is 0.137 e. The van der Waals surface area contributed by atoms with Crippen molar-refractivity contribution >= 4 is 23.2 Å². The standard InChI is InChI=1S/C16H13Cl2FO2/c17-8-13-14(18)2-1-3-16(13)20-9-12-7-10-6-11(19)4-5-15(10)21-12/h1-6,12H,7-9H2. The van der Waals surface area contributed by atoms with Crippen LogP contribution in [0.2, 0.25) is 5.02 Å². The van der Waals surface area contributed by atoms with E-state index in [1.165, 1.54) is 12.1 Å². The highest BCUT2D eigenvalue weighted by atomic mass is 35.5. The molecule has 0 aliphatic carbocycles. The maximum atomic E-state index is 13.2. The average molecular weight is 327 g/mol. The first-order valence-electron chi connectivity index (χ1n) is 6.58. The second kappa shape index (κ2) is 6.12. The van der Waals surface area contributed by atoms with Crippen LogP contribution in [0.15, 0.2) is 36.4 Å². The van der Waals surface area contributed by atoms with Crippen LogP contribution in [-0.2, 0) is 12.3 Å². The van der Waals surface area contributed by atoms with Crippen LogP contribution in [0.5, 0.6) is 11.5 Å². The van der Waals surface area contributed by atoms with Gasteiger partial charge in [0.1, 0.15) is 30.0 Å². The Kier molecular flexibility index (Phi) is 4.22. The Morgan fingerprint density at radius 3 is 2.95 bits per heavy atom. The Hall–Kier alpha value is -1.45. The van der Waals surface area contributed by atoms with Gasteiger partial charge in [-0.05, 0) is 30.3 Å². The summed E-state index contributed by atoms with van der Waals surface area (Å²) in [5.74, 6) is 1.40. The van der Waals surface area contributed by atoms with E-state index >= 15 is 0 Å². The van der Waals surface area contributed by atoms with E-state index < -0.39 is 0 Å². The molecule has 1 aliphatic heterocycles. The molecular formula is C16H13Cl2FO2. The van der Waals surface area contributed by atoms with Crippen LogP contribution in [0.1, 0.15) is 11.1 Å². The fraction of sp³-hybridized carbons (Fsp3) is 0.250. The van der Waals surface area contributed by atoms with Gasteiger partial charge >= 0.3 is 0 Å². The maximum absolute atomic E-state index is 13.2. The molecule has 21 heavy (non-hydrogen) atoms. The molecule has 0 bridgehead atoms. The molecule has 5 heteroatoms. The Labute approximate surface area is 132 Å². The number of rotatable bonds is 4. The van der Waals surface area contributed by atoms with Crippen LogP contribution >= 0.6 is 23.2 Å². The van der Waals surface area contributed by atoms with Gasteiger partial charge in [0, 0.05) is 22.6 Å². The highest BCUT2D eigenvalue weighted by Gasteiger charge is 2.24. The summed E-state index contributed by atoms with van der Waals surface area (Å²) in [5, 5.41) is 0.584. The SMILES string of the molecule is Fc1ccc2c(c1)CC(COc1cccc(Cl)c1CCl)O2. The van der Waals surface area contributed by atoms with E-state index in [0.717, 1.165) is 11.1 Å². The van der Waals surface area contributed by atoms with Crippen molar-refractivity contribution in [1.29, 1.82) is 0 Å². The molecule has 0 aromatic heterocycles. The van der Waals surface area contributed by atoms with Gasteiger partial charge in [-0.25, -0.2) is 4.39 Å². The minimum absolute atomic E-state index is 0.135. The first-order valence-corrected chi connectivity index (χ1v) is 7.50. The highest BCUT2D eigenvalue weighted by molar-refractivity contribution is 6.32. The topological polar surface area (TPSA) is 18.5 Å². The van der Waals surface area contributed by atoms with Crippen LogP contribution in [-0.4, -0.2) is 12.7 Å². The minimum atomic E-state index is -0.252. The van der Waals surface area contributed by atoms with Gasteiger partial charge in [-0.1, -0.05) is 17.7 Å². The third kappa shape index (κ3) is 3.09. The number of alkyl halides is 1. The predicted molar refractivity (Wildman–Crippen MR) is 81.0 cm³/mol. The van der Waals surface area contributed by atoms with Crippen molar-refractivity contribution in [3.63, 3.8) is 0 Å². The zero-order valence-electron chi connectivity index (χ0n) is 11.1. The van der Waals surface area contributed by atoms with Crippen molar-refractivity contribution < 1.29 is 13.9 Å². The van der Waals surface area contributed by atoms with Crippen LogP contribution in [0.3, 0.4) is 0 Å². The van der Waals surface area contributed by atoms with E-state index in [2.05, 4.69) is 0 Å². The number of halogens is 3. The fourth-order valence-corrected chi connectivity index (χ4v) is 2.95. The monoisotopic (exact) mass is 326 g/mol. The van der Waals surface area contributed by atoms with Gasteiger partial charge in [0.25, 0.3) is 0 Å². The zero-order valence-corrected chi connectivity index (χ0v) is 12.6. The zero-order chi connectivity index (χ0) is 14.8. The first-order chi connectivity index (χ1) is 10.2. The molecule has 2 aromatic carbocycles. The van der Waals surface area contributed by atoms with E-state index in [0.29, 0.717) is 29.5 Å². The molecule has 0 spiro atoms. The normalized spacial score (nSPS) is 16.4. The van der Waals surface area contributed by atoms with Crippen molar-refractivity contribution in [3.05, 3.63) is 58.4 Å². The summed E-state index contributed by atoms with van der Waals surface area (Å²) in [6.45, 7) is 0.362. The molecule has 1 unspecified atom stereocenters. The third-order valence-electron chi connectivity index (χ3n) is 3.40. The lowest BCUT2D eigenvalue weighted by atomic mass is 10.1. The summed E-state index contributed by atoms with van der Waals surface area (Å²) in [7, 11) is 0. The van der Waals surface area contributed by atoms with Gasteiger partial charge in [0.15, 0.2) is 0 Å². The second-order valence-corrected chi connectivity index (χ2v) is 5.53. The quantitative estimate of drug-likeness (QED) is 0.764. The molecular weight excluding hydrogens is 314 g/mol. The molecule has 0 fully saturated rings. The van der Waals surface area contributed by atoms with E-state index in [1.807, 2.05) is 12.1 Å². The van der Waals surface area contributed by atoms with Crippen molar-refractivity contribution in [3.8, 4) is 11.5 Å². The van der Waals surface area contributed by atoms with E-state index in [-0.39, 0.29) is 17.8 Å². The van der Waals surface area contributed by atoms with E-state index in [4.69, 9.17) is 32.7 Å². The highest BCUT2D eigenvalue weighted by Crippen LogP contribution is 2.31. The predicted octanol–water partition coefficient (Wildman–Crippen LogP) is 4.60. The largest absolute Gasteiger partial charge is 0.489 e. The third-order valence-corrected chi connectivity index (χ3v) is 4.02. The molecule has 110 valence electrons. The van der Waals surface area contributed by atoms with Gasteiger partial charge in [-0.15, -0.1) is 11.6 Å². The molecule has 1 heterocycles. The number of benzene rings is 2. The van der Waals surface area contributed by atoms with Gasteiger partial charge in [0.2, 0.25) is 0 Å². The molecule has 0 radical (unpaired) electrons. The molecule has 2 aromatic rings. The Bertz CT molecular complexity index is 661. The van der Waals surface area contributed by atoms with E-state index in [9.17, 15) is 4.39 Å². The summed E-state index contributed by atoms with van der Waals surface area (Å²) < 4.78 is 24.7. The molecule has 0 N–H and O–H groups in total. The molecule has 0 amide bonds. The minimum Gasteiger partial charge on any atom is -0.489 e. The molecule has 0 saturated heterocycles. The number of ether oxygens (including phenoxy) is 2. The Morgan fingerprint density at radius 2 is 2.14 bits per heavy atom. The molecule has 1 atom stereocenters. The van der Waals surface area contributed by atoms with Crippen molar-refractivity contribution in [2.45, 2.75) is 18.4 Å². The summed E-state index contributed by atoms with van der Waals surface area (Å²) in [5.41, 5.74) is 1.63. The van der Waals surface area contributed by atoms with Crippen LogP contribution < -0.4 is 9.47 Å². The van der Waals surface area contributed by atoms with Gasteiger partial charge < -0.3 is 9.47 Å². The molecule has 2 nitrogen and oxygen atoms in total. The summed E-state index contributed by atoms with van der Waals surface area (Å²) in [6.07, 6.45) is 0.494. The fourth-order valence-electron chi connectivity index (χ4n) is 2.37. The van der Waals surface area contributed by atoms with E-state index in [1.54, 1.807) is 12.1 Å². The number of hydrogen-bond donors (Lipinski definition) is 0. The van der Waals surface area contributed by atoms with Gasteiger partial charge in [-0.2, -0.15) is 0 Å². The molecule has 3 rings (SSSR count). The van der Waals surface area contributed by atoms with Crippen molar-refractivity contribution in [1.82, 2.24) is 0 Å². The molecule has 0 saturated carbocycles.